The molecule has 1 amide bonds. The number of benzene rings is 1. The number of nitrogen functional groups attached to an aromatic ring is 1. The molecule has 0 radical (unpaired) electrons. The lowest BCUT2D eigenvalue weighted by molar-refractivity contribution is -0.113. The molecule has 0 unspecified atom stereocenters. The summed E-state index contributed by atoms with van der Waals surface area (Å²) in [6.07, 6.45) is 0. The molecule has 0 aliphatic carbocycles. The average Bonchev–Trinajstić information content (AvgIpc) is 2.76. The highest BCUT2D eigenvalue weighted by Gasteiger charge is 2.10. The number of anilines is 2. The van der Waals surface area contributed by atoms with Crippen LogP contribution in [0.25, 0.3) is 0 Å². The number of aromatic nitrogens is 2. The number of ether oxygens (including phenoxy) is 1. The summed E-state index contributed by atoms with van der Waals surface area (Å²) in [5, 5.41) is 8.01. The van der Waals surface area contributed by atoms with Gasteiger partial charge in [0.25, 0.3) is 0 Å². The fourth-order valence-corrected chi connectivity index (χ4v) is 2.69. The summed E-state index contributed by atoms with van der Waals surface area (Å²) in [5.41, 5.74) is 7.81. The van der Waals surface area contributed by atoms with Crippen molar-refractivity contribution in [1.82, 2.24) is 9.78 Å². The van der Waals surface area contributed by atoms with Crippen molar-refractivity contribution in [3.05, 3.63) is 30.0 Å². The highest BCUT2D eigenvalue weighted by atomic mass is 32.2. The van der Waals surface area contributed by atoms with Crippen LogP contribution in [-0.4, -0.2) is 28.6 Å². The fraction of sp³-hybridized carbons (Fsp3) is 0.286. The smallest absolute Gasteiger partial charge is 0.234 e. The Labute approximate surface area is 127 Å². The number of carbonyl (C=O) groups is 1. The number of aryl methyl sites for hydroxylation is 2. The minimum Gasteiger partial charge on any atom is -0.494 e. The van der Waals surface area contributed by atoms with Gasteiger partial charge in [-0.1, -0.05) is 11.8 Å². The molecule has 1 heterocycles. The summed E-state index contributed by atoms with van der Waals surface area (Å²) >= 11 is 1.43. The molecule has 21 heavy (non-hydrogen) atoms. The highest BCUT2D eigenvalue weighted by Crippen LogP contribution is 2.27. The monoisotopic (exact) mass is 306 g/mol. The Kier molecular flexibility index (Phi) is 4.74. The largest absolute Gasteiger partial charge is 0.494 e. The van der Waals surface area contributed by atoms with Gasteiger partial charge in [-0.3, -0.25) is 9.48 Å². The summed E-state index contributed by atoms with van der Waals surface area (Å²) in [6.45, 7) is 1.92. The Hall–Kier alpha value is -2.15. The molecular weight excluding hydrogens is 288 g/mol. The summed E-state index contributed by atoms with van der Waals surface area (Å²) in [7, 11) is 3.40. The number of carbonyl (C=O) groups excluding carboxylic acids is 1. The van der Waals surface area contributed by atoms with E-state index in [1.54, 1.807) is 22.9 Å². The second-order valence-corrected chi connectivity index (χ2v) is 5.54. The quantitative estimate of drug-likeness (QED) is 0.652. The molecule has 2 aromatic rings. The van der Waals surface area contributed by atoms with Crippen LogP contribution in [0.4, 0.5) is 11.4 Å². The number of nitrogens with two attached hydrogens (primary N) is 1. The second kappa shape index (κ2) is 6.53. The van der Waals surface area contributed by atoms with Crippen LogP contribution in [0.2, 0.25) is 0 Å². The van der Waals surface area contributed by atoms with Crippen molar-refractivity contribution >= 4 is 29.0 Å². The summed E-state index contributed by atoms with van der Waals surface area (Å²) < 4.78 is 6.96. The number of nitrogens with one attached hydrogen (secondary N) is 1. The maximum Gasteiger partial charge on any atom is 0.234 e. The van der Waals surface area contributed by atoms with Crippen LogP contribution >= 0.6 is 11.8 Å². The molecule has 0 aliphatic heterocycles. The van der Waals surface area contributed by atoms with Gasteiger partial charge in [0.2, 0.25) is 5.91 Å². The topological polar surface area (TPSA) is 82.2 Å². The first-order chi connectivity index (χ1) is 9.99. The molecule has 7 heteroatoms. The minimum atomic E-state index is -0.109. The van der Waals surface area contributed by atoms with Crippen molar-refractivity contribution < 1.29 is 9.53 Å². The summed E-state index contributed by atoms with van der Waals surface area (Å²) in [4.78, 5) is 12.0. The summed E-state index contributed by atoms with van der Waals surface area (Å²) in [6, 6.07) is 7.07. The van der Waals surface area contributed by atoms with Gasteiger partial charge in [0.15, 0.2) is 0 Å². The van der Waals surface area contributed by atoms with Crippen molar-refractivity contribution in [1.29, 1.82) is 0 Å². The Balaban J connectivity index is 1.97. The van der Waals surface area contributed by atoms with Crippen molar-refractivity contribution in [2.75, 3.05) is 23.9 Å². The zero-order chi connectivity index (χ0) is 15.4. The molecule has 0 bridgehead atoms. The molecule has 1 aromatic heterocycles. The molecule has 6 nitrogen and oxygen atoms in total. The van der Waals surface area contributed by atoms with Crippen LogP contribution in [0.1, 0.15) is 5.69 Å². The highest BCUT2D eigenvalue weighted by molar-refractivity contribution is 7.99. The van der Waals surface area contributed by atoms with Gasteiger partial charge in [0.1, 0.15) is 5.75 Å². The zero-order valence-electron chi connectivity index (χ0n) is 12.2. The number of hydrogen-bond donors (Lipinski definition) is 2. The van der Waals surface area contributed by atoms with Crippen LogP contribution in [0.5, 0.6) is 5.75 Å². The Bertz CT molecular complexity index is 654. The molecule has 0 aliphatic rings. The normalized spacial score (nSPS) is 10.4. The van der Waals surface area contributed by atoms with Gasteiger partial charge in [0, 0.05) is 18.8 Å². The third-order valence-corrected chi connectivity index (χ3v) is 3.89. The van der Waals surface area contributed by atoms with Gasteiger partial charge < -0.3 is 15.8 Å². The van der Waals surface area contributed by atoms with E-state index in [-0.39, 0.29) is 5.91 Å². The van der Waals surface area contributed by atoms with Crippen LogP contribution in [0.3, 0.4) is 0 Å². The average molecular weight is 306 g/mol. The first kappa shape index (κ1) is 15.2. The van der Waals surface area contributed by atoms with Gasteiger partial charge in [-0.05, 0) is 25.1 Å². The van der Waals surface area contributed by atoms with Crippen LogP contribution in [0, 0.1) is 6.92 Å². The van der Waals surface area contributed by atoms with E-state index in [1.165, 1.54) is 18.9 Å². The van der Waals surface area contributed by atoms with E-state index in [2.05, 4.69) is 10.4 Å². The third-order valence-electron chi connectivity index (χ3n) is 2.81. The molecule has 0 fully saturated rings. The molecule has 112 valence electrons. The molecule has 2 rings (SSSR count). The first-order valence-corrected chi connectivity index (χ1v) is 7.35. The summed E-state index contributed by atoms with van der Waals surface area (Å²) in [5.74, 6) is 0.735. The lowest BCUT2D eigenvalue weighted by atomic mass is 10.2. The third kappa shape index (κ3) is 3.91. The van der Waals surface area contributed by atoms with Crippen molar-refractivity contribution in [3.63, 3.8) is 0 Å². The lowest BCUT2D eigenvalue weighted by Crippen LogP contribution is -2.15. The second-order valence-electron chi connectivity index (χ2n) is 4.54. The Morgan fingerprint density at radius 3 is 2.86 bits per heavy atom. The number of nitrogens with zero attached hydrogens (tertiary/aromatic N) is 2. The van der Waals surface area contributed by atoms with Crippen LogP contribution < -0.4 is 15.8 Å². The molecule has 0 spiro atoms. The predicted octanol–water partition coefficient (Wildman–Crippen LogP) is 2.05. The van der Waals surface area contributed by atoms with E-state index in [1.807, 2.05) is 20.0 Å². The van der Waals surface area contributed by atoms with Crippen molar-refractivity contribution in [2.24, 2.45) is 7.05 Å². The van der Waals surface area contributed by atoms with Gasteiger partial charge in [-0.25, -0.2) is 0 Å². The standard InChI is InChI=1S/C14H18N4O2S/c1-9-6-14(18(2)17-9)21-8-13(19)16-11-5-4-10(15)7-12(11)20-3/h4-7H,8,15H2,1-3H3,(H,16,19). The number of methoxy groups -OCH3 is 1. The Morgan fingerprint density at radius 2 is 2.24 bits per heavy atom. The number of amides is 1. The maximum atomic E-state index is 12.0. The van der Waals surface area contributed by atoms with E-state index in [4.69, 9.17) is 10.5 Å². The van der Waals surface area contributed by atoms with Gasteiger partial charge in [-0.2, -0.15) is 5.10 Å². The number of hydrogen-bond acceptors (Lipinski definition) is 5. The lowest BCUT2D eigenvalue weighted by Gasteiger charge is -2.10. The van der Waals surface area contributed by atoms with E-state index in [0.717, 1.165) is 10.7 Å². The first-order valence-electron chi connectivity index (χ1n) is 6.36. The van der Waals surface area contributed by atoms with Gasteiger partial charge in [-0.15, -0.1) is 0 Å². The molecule has 0 atom stereocenters. The van der Waals surface area contributed by atoms with E-state index >= 15 is 0 Å². The fourth-order valence-electron chi connectivity index (χ4n) is 1.86. The molecule has 0 saturated carbocycles. The van der Waals surface area contributed by atoms with Gasteiger partial charge in [0.05, 0.1) is 29.3 Å². The number of thioether (sulfide) groups is 1. The van der Waals surface area contributed by atoms with Crippen molar-refractivity contribution in [2.45, 2.75) is 11.9 Å². The van der Waals surface area contributed by atoms with E-state index in [0.29, 0.717) is 22.9 Å². The molecule has 3 N–H and O–H groups in total. The van der Waals surface area contributed by atoms with Crippen molar-refractivity contribution in [3.8, 4) is 5.75 Å². The molecule has 1 aromatic carbocycles. The van der Waals surface area contributed by atoms with E-state index < -0.39 is 0 Å². The maximum absolute atomic E-state index is 12.0. The minimum absolute atomic E-state index is 0.109. The van der Waals surface area contributed by atoms with Gasteiger partial charge >= 0.3 is 0 Å². The van der Waals surface area contributed by atoms with E-state index in [9.17, 15) is 4.79 Å². The van der Waals surface area contributed by atoms with Crippen LogP contribution in [0.15, 0.2) is 29.3 Å². The zero-order valence-corrected chi connectivity index (χ0v) is 13.0. The Morgan fingerprint density at radius 1 is 1.48 bits per heavy atom. The number of rotatable bonds is 5. The predicted molar refractivity (Wildman–Crippen MR) is 84.7 cm³/mol. The molecular formula is C14H18N4O2S. The van der Waals surface area contributed by atoms with Crippen LogP contribution in [-0.2, 0) is 11.8 Å². The SMILES string of the molecule is COc1cc(N)ccc1NC(=O)CSc1cc(C)nn1C. The molecule has 0 saturated heterocycles.